The zero-order valence-corrected chi connectivity index (χ0v) is 16.0. The number of nitrogens with zero attached hydrogens (tertiary/aromatic N) is 5. The topological polar surface area (TPSA) is 103 Å². The van der Waals surface area contributed by atoms with Gasteiger partial charge in [0.25, 0.3) is 0 Å². The normalized spacial score (nSPS) is 20.0. The second kappa shape index (κ2) is 6.05. The van der Waals surface area contributed by atoms with E-state index in [4.69, 9.17) is 4.52 Å². The predicted molar refractivity (Wildman–Crippen MR) is 92.4 cm³/mol. The van der Waals surface area contributed by atoms with Crippen molar-refractivity contribution in [3.63, 3.8) is 0 Å². The van der Waals surface area contributed by atoms with E-state index in [0.29, 0.717) is 37.4 Å². The van der Waals surface area contributed by atoms with Gasteiger partial charge in [-0.15, -0.1) is 0 Å². The molecule has 142 valence electrons. The first-order valence-corrected chi connectivity index (χ1v) is 10.3. The van der Waals surface area contributed by atoms with Gasteiger partial charge in [0, 0.05) is 32.1 Å². The van der Waals surface area contributed by atoms with Crippen molar-refractivity contribution in [2.45, 2.75) is 56.4 Å². The van der Waals surface area contributed by atoms with Gasteiger partial charge < -0.3 is 4.52 Å². The van der Waals surface area contributed by atoms with Crippen LogP contribution in [0.15, 0.2) is 14.2 Å². The maximum atomic E-state index is 12.9. The van der Waals surface area contributed by atoms with Gasteiger partial charge in [-0.25, -0.2) is 17.9 Å². The number of aryl methyl sites for hydroxylation is 3. The summed E-state index contributed by atoms with van der Waals surface area (Å²) in [6.07, 6.45) is 3.31. The number of rotatable bonds is 4. The van der Waals surface area contributed by atoms with Crippen LogP contribution in [0.2, 0.25) is 0 Å². The number of hydrogen-bond donors (Lipinski definition) is 0. The fraction of sp³-hybridized carbons (Fsp3) is 0.688. The fourth-order valence-electron chi connectivity index (χ4n) is 3.78. The summed E-state index contributed by atoms with van der Waals surface area (Å²) in [4.78, 5) is 12.5. The van der Waals surface area contributed by atoms with Crippen molar-refractivity contribution < 1.29 is 12.9 Å². The Morgan fingerprint density at radius 1 is 1.12 bits per heavy atom. The minimum Gasteiger partial charge on any atom is -0.360 e. The first-order chi connectivity index (χ1) is 12.3. The molecule has 1 aliphatic carbocycles. The number of piperidine rings is 1. The molecule has 1 saturated carbocycles. The third kappa shape index (κ3) is 2.71. The van der Waals surface area contributed by atoms with Crippen LogP contribution in [0, 0.1) is 13.8 Å². The second-order valence-electron chi connectivity index (χ2n) is 7.20. The van der Waals surface area contributed by atoms with Crippen LogP contribution in [0.4, 0.5) is 0 Å². The van der Waals surface area contributed by atoms with Crippen LogP contribution in [0.3, 0.4) is 0 Å². The summed E-state index contributed by atoms with van der Waals surface area (Å²) in [6.45, 7) is 4.04. The Balaban J connectivity index is 1.55. The quantitative estimate of drug-likeness (QED) is 0.785. The molecular weight excluding hydrogens is 358 g/mol. The molecular formula is C16H23N5O4S. The lowest BCUT2D eigenvalue weighted by Gasteiger charge is -2.30. The second-order valence-corrected chi connectivity index (χ2v) is 9.07. The highest BCUT2D eigenvalue weighted by Gasteiger charge is 2.37. The van der Waals surface area contributed by atoms with Gasteiger partial charge in [-0.2, -0.15) is 9.40 Å². The van der Waals surface area contributed by atoms with Gasteiger partial charge in [-0.1, -0.05) is 5.16 Å². The van der Waals surface area contributed by atoms with Gasteiger partial charge in [0.05, 0.1) is 0 Å². The van der Waals surface area contributed by atoms with E-state index in [0.717, 1.165) is 18.7 Å². The Morgan fingerprint density at radius 2 is 1.77 bits per heavy atom. The van der Waals surface area contributed by atoms with Crippen molar-refractivity contribution in [2.24, 2.45) is 7.05 Å². The molecule has 0 N–H and O–H groups in total. The van der Waals surface area contributed by atoms with Gasteiger partial charge in [0.15, 0.2) is 5.76 Å². The van der Waals surface area contributed by atoms with E-state index in [1.165, 1.54) is 8.99 Å². The molecule has 4 rings (SSSR count). The van der Waals surface area contributed by atoms with E-state index in [1.807, 2.05) is 4.57 Å². The Hall–Kier alpha value is -1.94. The van der Waals surface area contributed by atoms with Crippen LogP contribution in [0.5, 0.6) is 0 Å². The molecule has 26 heavy (non-hydrogen) atoms. The maximum absolute atomic E-state index is 12.9. The van der Waals surface area contributed by atoms with Crippen LogP contribution < -0.4 is 5.69 Å². The highest BCUT2D eigenvalue weighted by atomic mass is 32.2. The average molecular weight is 381 g/mol. The molecule has 3 heterocycles. The molecule has 2 aromatic rings. The van der Waals surface area contributed by atoms with Crippen LogP contribution >= 0.6 is 0 Å². The molecule has 0 amide bonds. The summed E-state index contributed by atoms with van der Waals surface area (Å²) in [5.74, 6) is 1.21. The summed E-state index contributed by atoms with van der Waals surface area (Å²) in [5.41, 5.74) is 0.310. The van der Waals surface area contributed by atoms with Crippen LogP contribution in [-0.2, 0) is 17.1 Å². The highest BCUT2D eigenvalue weighted by Crippen LogP contribution is 2.38. The fourth-order valence-corrected chi connectivity index (χ4v) is 5.54. The number of sulfonamides is 1. The standard InChI is InChI=1S/C16H23N5O4S/c1-10-14(11(2)25-18-10)26(23,24)20-8-6-12(7-9-20)15-17-19(3)16(22)21(15)13-4-5-13/h12-13H,4-9H2,1-3H3. The average Bonchev–Trinajstić information content (AvgIpc) is 3.32. The van der Waals surface area contributed by atoms with Crippen molar-refractivity contribution in [2.75, 3.05) is 13.1 Å². The summed E-state index contributed by atoms with van der Waals surface area (Å²) < 4.78 is 35.6. The molecule has 9 nitrogen and oxygen atoms in total. The van der Waals surface area contributed by atoms with Gasteiger partial charge in [-0.05, 0) is 39.5 Å². The molecule has 0 spiro atoms. The SMILES string of the molecule is Cc1noc(C)c1S(=O)(=O)N1CCC(c2nn(C)c(=O)n2C2CC2)CC1. The zero-order chi connectivity index (χ0) is 18.6. The molecule has 0 unspecified atom stereocenters. The van der Waals surface area contributed by atoms with E-state index in [1.54, 1.807) is 20.9 Å². The molecule has 2 aromatic heterocycles. The summed E-state index contributed by atoms with van der Waals surface area (Å²) >= 11 is 0. The number of hydrogen-bond acceptors (Lipinski definition) is 6. The third-order valence-electron chi connectivity index (χ3n) is 5.28. The summed E-state index contributed by atoms with van der Waals surface area (Å²) in [6, 6.07) is 0.260. The zero-order valence-electron chi connectivity index (χ0n) is 15.2. The first-order valence-electron chi connectivity index (χ1n) is 8.89. The van der Waals surface area contributed by atoms with E-state index >= 15 is 0 Å². The van der Waals surface area contributed by atoms with E-state index in [9.17, 15) is 13.2 Å². The molecule has 1 aliphatic heterocycles. The summed E-state index contributed by atoms with van der Waals surface area (Å²) in [5, 5.41) is 8.19. The molecule has 0 atom stereocenters. The Morgan fingerprint density at radius 3 is 2.31 bits per heavy atom. The molecule has 0 aromatic carbocycles. The van der Waals surface area contributed by atoms with Crippen molar-refractivity contribution >= 4 is 10.0 Å². The maximum Gasteiger partial charge on any atom is 0.345 e. The Labute approximate surface area is 151 Å². The van der Waals surface area contributed by atoms with Crippen LogP contribution in [0.25, 0.3) is 0 Å². The lowest BCUT2D eigenvalue weighted by atomic mass is 9.97. The minimum atomic E-state index is -3.62. The molecule has 0 radical (unpaired) electrons. The largest absolute Gasteiger partial charge is 0.360 e. The van der Waals surface area contributed by atoms with E-state index in [-0.39, 0.29) is 22.5 Å². The monoisotopic (exact) mass is 381 g/mol. The smallest absolute Gasteiger partial charge is 0.345 e. The van der Waals surface area contributed by atoms with Crippen LogP contribution in [-0.4, -0.2) is 45.3 Å². The van der Waals surface area contributed by atoms with E-state index < -0.39 is 10.0 Å². The van der Waals surface area contributed by atoms with Gasteiger partial charge in [-0.3, -0.25) is 4.57 Å². The number of aromatic nitrogens is 4. The first kappa shape index (κ1) is 17.5. The van der Waals surface area contributed by atoms with Gasteiger partial charge >= 0.3 is 5.69 Å². The highest BCUT2D eigenvalue weighted by molar-refractivity contribution is 7.89. The van der Waals surface area contributed by atoms with Crippen molar-refractivity contribution in [3.8, 4) is 0 Å². The van der Waals surface area contributed by atoms with Crippen molar-refractivity contribution in [3.05, 3.63) is 27.8 Å². The van der Waals surface area contributed by atoms with Crippen LogP contribution in [0.1, 0.15) is 54.9 Å². The molecule has 10 heteroatoms. The Kier molecular flexibility index (Phi) is 4.07. The lowest BCUT2D eigenvalue weighted by Crippen LogP contribution is -2.39. The molecule has 1 saturated heterocycles. The molecule has 0 bridgehead atoms. The van der Waals surface area contributed by atoms with Gasteiger partial charge in [0.1, 0.15) is 16.4 Å². The minimum absolute atomic E-state index is 0.0757. The van der Waals surface area contributed by atoms with E-state index in [2.05, 4.69) is 10.3 Å². The molecule has 2 aliphatic rings. The summed E-state index contributed by atoms with van der Waals surface area (Å²) in [7, 11) is -1.95. The predicted octanol–water partition coefficient (Wildman–Crippen LogP) is 1.09. The Bertz CT molecular complexity index is 971. The van der Waals surface area contributed by atoms with Crippen molar-refractivity contribution in [1.29, 1.82) is 0 Å². The third-order valence-corrected chi connectivity index (χ3v) is 7.42. The lowest BCUT2D eigenvalue weighted by molar-refractivity contribution is 0.307. The van der Waals surface area contributed by atoms with Crippen molar-refractivity contribution in [1.82, 2.24) is 23.8 Å². The molecule has 2 fully saturated rings. The van der Waals surface area contributed by atoms with Gasteiger partial charge in [0.2, 0.25) is 10.0 Å².